The molecule has 0 amide bonds. The molecule has 98 valence electrons. The second-order valence-electron chi connectivity index (χ2n) is 3.55. The summed E-state index contributed by atoms with van der Waals surface area (Å²) in [4.78, 5) is 23.3. The Morgan fingerprint density at radius 2 is 1.68 bits per heavy atom. The molecule has 0 saturated heterocycles. The molecule has 1 heterocycles. The third-order valence-electron chi connectivity index (χ3n) is 2.33. The van der Waals surface area contributed by atoms with Crippen LogP contribution >= 0.6 is 46.1 Å². The Morgan fingerprint density at radius 1 is 1.05 bits per heavy atom. The number of carbonyl (C=O) groups excluding carboxylic acids is 1. The molecule has 1 aromatic carbocycles. The lowest BCUT2D eigenvalue weighted by Gasteiger charge is -2.01. The quantitative estimate of drug-likeness (QED) is 0.831. The highest BCUT2D eigenvalue weighted by Gasteiger charge is 2.21. The van der Waals surface area contributed by atoms with E-state index in [-0.39, 0.29) is 30.4 Å². The molecule has 3 nitrogen and oxygen atoms in total. The summed E-state index contributed by atoms with van der Waals surface area (Å²) in [5, 5.41) is 9.10. The molecule has 2 rings (SSSR count). The first-order valence-corrected chi connectivity index (χ1v) is 6.88. The molecule has 0 aliphatic rings. The first-order valence-electron chi connectivity index (χ1n) is 4.93. The predicted octanol–water partition coefficient (Wildman–Crippen LogP) is 4.64. The lowest BCUT2D eigenvalue weighted by Crippen LogP contribution is -2.03. The SMILES string of the molecule is O=C(O)c1cccc(C(=O)c2sc(Cl)c(Cl)c2Cl)c1. The molecule has 1 aromatic heterocycles. The molecule has 0 aliphatic heterocycles. The van der Waals surface area contributed by atoms with Gasteiger partial charge in [0.2, 0.25) is 5.78 Å². The maximum atomic E-state index is 12.2. The fourth-order valence-corrected chi connectivity index (χ4v) is 3.20. The van der Waals surface area contributed by atoms with Crippen molar-refractivity contribution in [3.63, 3.8) is 0 Å². The van der Waals surface area contributed by atoms with Gasteiger partial charge < -0.3 is 5.11 Å². The number of carbonyl (C=O) groups is 2. The van der Waals surface area contributed by atoms with E-state index < -0.39 is 11.8 Å². The number of carboxylic acids is 1. The molecule has 0 aliphatic carbocycles. The predicted molar refractivity (Wildman–Crippen MR) is 76.2 cm³/mol. The number of halogens is 3. The van der Waals surface area contributed by atoms with Gasteiger partial charge in [-0.2, -0.15) is 0 Å². The van der Waals surface area contributed by atoms with Crippen LogP contribution in [0.1, 0.15) is 25.6 Å². The minimum absolute atomic E-state index is 0.0238. The van der Waals surface area contributed by atoms with Gasteiger partial charge >= 0.3 is 5.97 Å². The van der Waals surface area contributed by atoms with Crippen molar-refractivity contribution < 1.29 is 14.7 Å². The van der Waals surface area contributed by atoms with Gasteiger partial charge in [-0.15, -0.1) is 11.3 Å². The van der Waals surface area contributed by atoms with Crippen molar-refractivity contribution in [2.75, 3.05) is 0 Å². The number of rotatable bonds is 3. The highest BCUT2D eigenvalue weighted by Crippen LogP contribution is 2.41. The number of hydrogen-bond donors (Lipinski definition) is 1. The molecule has 19 heavy (non-hydrogen) atoms. The van der Waals surface area contributed by atoms with E-state index in [1.807, 2.05) is 0 Å². The molecular weight excluding hydrogens is 331 g/mol. The number of thiophene rings is 1. The summed E-state index contributed by atoms with van der Waals surface area (Å²) >= 11 is 18.5. The average molecular weight is 336 g/mol. The topological polar surface area (TPSA) is 54.4 Å². The van der Waals surface area contributed by atoms with Crippen LogP contribution in [-0.2, 0) is 0 Å². The summed E-state index contributed by atoms with van der Waals surface area (Å²) in [6.07, 6.45) is 0. The summed E-state index contributed by atoms with van der Waals surface area (Å²) in [7, 11) is 0. The molecule has 0 radical (unpaired) electrons. The number of benzene rings is 1. The van der Waals surface area contributed by atoms with Gasteiger partial charge in [0.1, 0.15) is 4.34 Å². The third-order valence-corrected chi connectivity index (χ3v) is 4.91. The van der Waals surface area contributed by atoms with Gasteiger partial charge in [0.25, 0.3) is 0 Å². The second-order valence-corrected chi connectivity index (χ2v) is 5.93. The van der Waals surface area contributed by atoms with Gasteiger partial charge in [0.15, 0.2) is 0 Å². The van der Waals surface area contributed by atoms with Crippen LogP contribution in [0.5, 0.6) is 0 Å². The zero-order chi connectivity index (χ0) is 14.2. The van der Waals surface area contributed by atoms with Crippen molar-refractivity contribution in [2.45, 2.75) is 0 Å². The lowest BCUT2D eigenvalue weighted by molar-refractivity contribution is 0.0697. The van der Waals surface area contributed by atoms with Crippen molar-refractivity contribution in [2.24, 2.45) is 0 Å². The highest BCUT2D eigenvalue weighted by atomic mass is 35.5. The largest absolute Gasteiger partial charge is 0.478 e. The summed E-state index contributed by atoms with van der Waals surface area (Å²) in [6.45, 7) is 0. The van der Waals surface area contributed by atoms with E-state index in [0.29, 0.717) is 0 Å². The number of hydrogen-bond acceptors (Lipinski definition) is 3. The number of ketones is 1. The highest BCUT2D eigenvalue weighted by molar-refractivity contribution is 7.19. The van der Waals surface area contributed by atoms with Crippen LogP contribution in [-0.4, -0.2) is 16.9 Å². The molecule has 0 unspecified atom stereocenters. The van der Waals surface area contributed by atoms with Crippen LogP contribution in [0, 0.1) is 0 Å². The van der Waals surface area contributed by atoms with E-state index in [1.165, 1.54) is 24.3 Å². The molecule has 0 atom stereocenters. The Labute approximate surface area is 127 Å². The van der Waals surface area contributed by atoms with Crippen molar-refractivity contribution in [3.8, 4) is 0 Å². The molecule has 2 aromatic rings. The van der Waals surface area contributed by atoms with Crippen molar-refractivity contribution in [1.82, 2.24) is 0 Å². The zero-order valence-corrected chi connectivity index (χ0v) is 12.2. The Balaban J connectivity index is 2.47. The summed E-state index contributed by atoms with van der Waals surface area (Å²) in [5.41, 5.74) is 0.243. The fourth-order valence-electron chi connectivity index (χ4n) is 1.44. The summed E-state index contributed by atoms with van der Waals surface area (Å²) in [6, 6.07) is 5.67. The minimum Gasteiger partial charge on any atom is -0.478 e. The molecule has 0 saturated carbocycles. The van der Waals surface area contributed by atoms with Crippen molar-refractivity contribution >= 4 is 57.9 Å². The number of aromatic carboxylic acids is 1. The van der Waals surface area contributed by atoms with E-state index in [9.17, 15) is 9.59 Å². The van der Waals surface area contributed by atoms with Gasteiger partial charge in [-0.3, -0.25) is 4.79 Å². The van der Waals surface area contributed by atoms with Gasteiger partial charge in [-0.25, -0.2) is 4.79 Å². The van der Waals surface area contributed by atoms with Crippen LogP contribution in [0.2, 0.25) is 14.4 Å². The van der Waals surface area contributed by atoms with Crippen LogP contribution in [0.15, 0.2) is 24.3 Å². The maximum absolute atomic E-state index is 12.2. The first-order chi connectivity index (χ1) is 8.91. The van der Waals surface area contributed by atoms with E-state index in [0.717, 1.165) is 11.3 Å². The van der Waals surface area contributed by atoms with Crippen molar-refractivity contribution in [1.29, 1.82) is 0 Å². The van der Waals surface area contributed by atoms with E-state index in [1.54, 1.807) is 0 Å². The molecule has 1 N–H and O–H groups in total. The third kappa shape index (κ3) is 2.77. The molecule has 0 fully saturated rings. The molecule has 7 heteroatoms. The summed E-state index contributed by atoms with van der Waals surface area (Å²) in [5.74, 6) is -1.52. The van der Waals surface area contributed by atoms with Gasteiger partial charge in [0.05, 0.1) is 20.5 Å². The zero-order valence-electron chi connectivity index (χ0n) is 9.12. The maximum Gasteiger partial charge on any atom is 0.335 e. The fraction of sp³-hybridized carbons (Fsp3) is 0. The standard InChI is InChI=1S/C12H5Cl3O3S/c13-7-8(14)11(15)19-10(7)9(16)5-2-1-3-6(4-5)12(17)18/h1-4H,(H,17,18). The molecule has 0 bridgehead atoms. The Hall–Kier alpha value is -1.07. The summed E-state index contributed by atoms with van der Waals surface area (Å²) < 4.78 is 0.226. The second kappa shape index (κ2) is 5.51. The lowest BCUT2D eigenvalue weighted by atomic mass is 10.1. The average Bonchev–Trinajstić information content (AvgIpc) is 2.66. The van der Waals surface area contributed by atoms with Crippen LogP contribution in [0.4, 0.5) is 0 Å². The van der Waals surface area contributed by atoms with Gasteiger partial charge in [-0.1, -0.05) is 46.9 Å². The Bertz CT molecular complexity index is 679. The Kier molecular flexibility index (Phi) is 4.16. The first kappa shape index (κ1) is 14.3. The Morgan fingerprint density at radius 3 is 2.21 bits per heavy atom. The smallest absolute Gasteiger partial charge is 0.335 e. The van der Waals surface area contributed by atoms with Crippen molar-refractivity contribution in [3.05, 3.63) is 54.7 Å². The van der Waals surface area contributed by atoms with Gasteiger partial charge in [-0.05, 0) is 12.1 Å². The minimum atomic E-state index is -1.11. The molecular formula is C12H5Cl3O3S. The van der Waals surface area contributed by atoms with Crippen LogP contribution in [0.3, 0.4) is 0 Å². The van der Waals surface area contributed by atoms with E-state index in [2.05, 4.69) is 0 Å². The molecule has 0 spiro atoms. The van der Waals surface area contributed by atoms with E-state index >= 15 is 0 Å². The van der Waals surface area contributed by atoms with Crippen LogP contribution in [0.25, 0.3) is 0 Å². The normalized spacial score (nSPS) is 10.5. The van der Waals surface area contributed by atoms with Gasteiger partial charge in [0, 0.05) is 5.56 Å². The van der Waals surface area contributed by atoms with Crippen LogP contribution < -0.4 is 0 Å². The van der Waals surface area contributed by atoms with E-state index in [4.69, 9.17) is 39.9 Å². The monoisotopic (exact) mass is 334 g/mol. The number of carboxylic acid groups (broad SMARTS) is 1.